The van der Waals surface area contributed by atoms with Crippen LogP contribution in [0.1, 0.15) is 163 Å². The molecule has 19 nitrogen and oxygen atoms in total. The molecule has 8 aromatic carbocycles. The second-order valence-electron chi connectivity index (χ2n) is 28.2. The van der Waals surface area contributed by atoms with Gasteiger partial charge < -0.3 is 19.6 Å². The fourth-order valence-electron chi connectivity index (χ4n) is 14.7. The Hall–Kier alpha value is -7.81. The number of aryl methyl sites for hydroxylation is 4. The first-order chi connectivity index (χ1) is 50.4. The maximum atomic E-state index is 13.3. The molecule has 0 saturated carbocycles. The van der Waals surface area contributed by atoms with Crippen molar-refractivity contribution in [3.63, 3.8) is 0 Å². The highest BCUT2D eigenvalue weighted by molar-refractivity contribution is 7.93. The Labute approximate surface area is 632 Å². The van der Waals surface area contributed by atoms with Crippen LogP contribution < -0.4 is 22.5 Å². The fourth-order valence-corrected chi connectivity index (χ4v) is 20.7. The summed E-state index contributed by atoms with van der Waals surface area (Å²) in [6.45, 7) is 16.2. The highest BCUT2D eigenvalue weighted by Crippen LogP contribution is 2.47. The van der Waals surface area contributed by atoms with Gasteiger partial charge in [0.1, 0.15) is 5.78 Å². The average Bonchev–Trinajstić information content (AvgIpc) is 1.62. The molecule has 4 atom stereocenters. The number of sulfonamides is 4. The van der Waals surface area contributed by atoms with Crippen LogP contribution in [0.5, 0.6) is 0 Å². The Balaban J connectivity index is 0.000000164. The zero-order valence-electron chi connectivity index (χ0n) is 64.3. The van der Waals surface area contributed by atoms with Crippen molar-refractivity contribution in [2.24, 2.45) is 0 Å². The van der Waals surface area contributed by atoms with E-state index in [2.05, 4.69) is 40.1 Å². The minimum atomic E-state index is -3.63. The summed E-state index contributed by atoms with van der Waals surface area (Å²) in [5, 5.41) is 3.52. The predicted molar refractivity (Wildman–Crippen MR) is 428 cm³/mol. The van der Waals surface area contributed by atoms with Crippen molar-refractivity contribution >= 4 is 68.6 Å². The van der Waals surface area contributed by atoms with Gasteiger partial charge in [-0.2, -0.15) is 0 Å². The average molecular weight is 1520 g/mol. The molecule has 0 aromatic heterocycles. The number of carbonyl (C=O) groups is 1. The molecular formula is C83H108N8O11S4. The molecule has 4 aliphatic rings. The summed E-state index contributed by atoms with van der Waals surface area (Å²) in [4.78, 5) is 19.4. The number of para-hydroxylation sites is 4. The van der Waals surface area contributed by atoms with Gasteiger partial charge in [0.25, 0.3) is 40.1 Å². The standard InChI is InChI=1S/C23H30N2O3S.C21H28N2O2S.C20H26N2O3S.C19H24N2O3S/c1-17-13-14-20-22(16-17)29(27,28)25(4)21-12-8-7-11-19(21)23(20)24(3)15-9-5-6-10-18(2)26;1-5-6-9-14-22(3)21-17-10-7-8-11-19(17)23(4)26(24,25)20-15-16(2)12-13-18(20)21;1-15-10-11-17-19(14-15)26(23,24)22(3)18-9-6-5-8-16(18)20(17)21(2)12-7-13-25-4;1-14-9-10-18-16(13-14)19(20-11-6-12-24-3)15-7-4-5-8-17(15)21(2)25(18,22)23/h7-8,11-14,16,23H,5-6,9-10,15H2,1-4H3;7-8,10-13,15,21H,5-6,9,14H2,1-4H3;5-6,8-11,14,20H,7,12-13H2,1-4H3;4-5,7-10,13,19-20H,6,11-12H2,1-3H3. The van der Waals surface area contributed by atoms with Crippen molar-refractivity contribution in [1.29, 1.82) is 0 Å². The summed E-state index contributed by atoms with van der Waals surface area (Å²) in [5.74, 6) is 0.230. The largest absolute Gasteiger partial charge is 0.385 e. The second-order valence-corrected chi connectivity index (χ2v) is 36.0. The molecule has 1 N–H and O–H groups in total. The van der Waals surface area contributed by atoms with E-state index in [0.717, 1.165) is 149 Å². The van der Waals surface area contributed by atoms with E-state index in [1.807, 2.05) is 181 Å². The minimum absolute atomic E-state index is 0.0709. The highest BCUT2D eigenvalue weighted by Gasteiger charge is 2.41. The summed E-state index contributed by atoms with van der Waals surface area (Å²) in [6.07, 6.45) is 8.67. The third-order valence-corrected chi connectivity index (χ3v) is 27.8. The molecule has 0 saturated heterocycles. The van der Waals surface area contributed by atoms with Crippen LogP contribution in [0.2, 0.25) is 0 Å². The summed E-state index contributed by atoms with van der Waals surface area (Å²) in [5.41, 5.74) is 14.1. The summed E-state index contributed by atoms with van der Waals surface area (Å²) < 4.78 is 122. The first-order valence-electron chi connectivity index (χ1n) is 36.5. The maximum Gasteiger partial charge on any atom is 0.264 e. The SMILES string of the molecule is CC(=O)CCCCCN(C)C1c2ccccc2N(C)S(=O)(=O)c2cc(C)ccc21.CCCCCN(C)C1c2ccccc2N(C)S(=O)(=O)c2cc(C)ccc21.COCCCN(C)C1c2ccccc2N(C)S(=O)(=O)c2cc(C)ccc21.COCCCNC1c2ccccc2N(C)S(=O)(=O)c2ccc(C)cc21. The van der Waals surface area contributed by atoms with Crippen LogP contribution in [0.25, 0.3) is 0 Å². The number of ether oxygens (including phenoxy) is 2. The van der Waals surface area contributed by atoms with E-state index in [1.54, 1.807) is 73.6 Å². The van der Waals surface area contributed by atoms with E-state index in [1.165, 1.54) is 30.1 Å². The molecule has 570 valence electrons. The molecule has 0 bridgehead atoms. The number of rotatable bonds is 22. The molecule has 0 spiro atoms. The molecule has 12 rings (SSSR count). The van der Waals surface area contributed by atoms with Crippen molar-refractivity contribution in [2.45, 2.75) is 143 Å². The molecule has 4 heterocycles. The molecule has 4 aliphatic heterocycles. The van der Waals surface area contributed by atoms with Gasteiger partial charge in [0, 0.05) is 68.6 Å². The molecule has 0 fully saturated rings. The fraction of sp³-hybridized carbons (Fsp3) is 0.410. The van der Waals surface area contributed by atoms with Gasteiger partial charge in [-0.1, -0.05) is 153 Å². The summed E-state index contributed by atoms with van der Waals surface area (Å²) >= 11 is 0. The minimum Gasteiger partial charge on any atom is -0.385 e. The van der Waals surface area contributed by atoms with Crippen molar-refractivity contribution in [1.82, 2.24) is 20.0 Å². The Bertz CT molecular complexity index is 4720. The molecular weight excluding hydrogens is 1410 g/mol. The third kappa shape index (κ3) is 18.0. The van der Waals surface area contributed by atoms with Gasteiger partial charge in [0.05, 0.1) is 66.5 Å². The number of unbranched alkanes of at least 4 members (excludes halogenated alkanes) is 4. The number of anilines is 4. The number of benzene rings is 8. The van der Waals surface area contributed by atoms with Crippen LogP contribution >= 0.6 is 0 Å². The van der Waals surface area contributed by atoms with Gasteiger partial charge in [0.2, 0.25) is 0 Å². The Kier molecular flexibility index (Phi) is 27.9. The van der Waals surface area contributed by atoms with Gasteiger partial charge >= 0.3 is 0 Å². The van der Waals surface area contributed by atoms with Gasteiger partial charge in [-0.15, -0.1) is 0 Å². The normalized spacial score (nSPS) is 18.1. The zero-order valence-corrected chi connectivity index (χ0v) is 67.6. The number of nitrogens with one attached hydrogen (secondary N) is 1. The van der Waals surface area contributed by atoms with Crippen LogP contribution in [0.15, 0.2) is 189 Å². The second kappa shape index (κ2) is 35.9. The van der Waals surface area contributed by atoms with Crippen molar-refractivity contribution in [2.75, 3.05) is 120 Å². The lowest BCUT2D eigenvalue weighted by Gasteiger charge is -2.30. The third-order valence-electron chi connectivity index (χ3n) is 20.4. The van der Waals surface area contributed by atoms with Crippen LogP contribution in [0.4, 0.5) is 22.7 Å². The van der Waals surface area contributed by atoms with Crippen molar-refractivity contribution in [3.05, 3.63) is 237 Å². The monoisotopic (exact) mass is 1520 g/mol. The maximum absolute atomic E-state index is 13.3. The number of methoxy groups -OCH3 is 2. The van der Waals surface area contributed by atoms with E-state index in [-0.39, 0.29) is 30.0 Å². The molecule has 23 heteroatoms. The number of ketones is 1. The van der Waals surface area contributed by atoms with Crippen LogP contribution in [0, 0.1) is 27.7 Å². The predicted octanol–water partition coefficient (Wildman–Crippen LogP) is 14.7. The molecule has 8 aromatic rings. The first kappa shape index (κ1) is 82.3. The first-order valence-corrected chi connectivity index (χ1v) is 42.3. The number of nitrogens with zero attached hydrogens (tertiary/aromatic N) is 7. The van der Waals surface area contributed by atoms with Gasteiger partial charge in [-0.05, 0) is 217 Å². The van der Waals surface area contributed by atoms with E-state index < -0.39 is 40.1 Å². The van der Waals surface area contributed by atoms with E-state index >= 15 is 0 Å². The van der Waals surface area contributed by atoms with Gasteiger partial charge in [0.15, 0.2) is 0 Å². The molecule has 0 aliphatic carbocycles. The van der Waals surface area contributed by atoms with Gasteiger partial charge in [-0.25, -0.2) is 33.7 Å². The smallest absolute Gasteiger partial charge is 0.264 e. The molecule has 0 amide bonds. The van der Waals surface area contributed by atoms with E-state index in [4.69, 9.17) is 9.47 Å². The zero-order chi connectivity index (χ0) is 77.0. The van der Waals surface area contributed by atoms with Crippen LogP contribution in [-0.2, 0) is 54.4 Å². The van der Waals surface area contributed by atoms with Crippen LogP contribution in [-0.4, -0.2) is 157 Å². The van der Waals surface area contributed by atoms with E-state index in [9.17, 15) is 38.5 Å². The summed E-state index contributed by atoms with van der Waals surface area (Å²) in [6, 6.07) is 53.2. The van der Waals surface area contributed by atoms with Crippen molar-refractivity contribution in [3.8, 4) is 0 Å². The molecule has 0 radical (unpaired) electrons. The number of fused-ring (bicyclic) bond motifs is 8. The number of carbonyl (C=O) groups excluding carboxylic acids is 1. The Morgan fingerprint density at radius 1 is 0.387 bits per heavy atom. The number of hydrogen-bond acceptors (Lipinski definition) is 15. The number of hydrogen-bond donors (Lipinski definition) is 1. The van der Waals surface area contributed by atoms with E-state index in [0.29, 0.717) is 44.9 Å². The quantitative estimate of drug-likeness (QED) is 0.0626. The van der Waals surface area contributed by atoms with Crippen molar-refractivity contribution < 1.29 is 47.9 Å². The van der Waals surface area contributed by atoms with Crippen LogP contribution in [0.3, 0.4) is 0 Å². The lowest BCUT2D eigenvalue weighted by molar-refractivity contribution is -0.117. The molecule has 106 heavy (non-hydrogen) atoms. The summed E-state index contributed by atoms with van der Waals surface area (Å²) in [7, 11) is 1.70. The highest BCUT2D eigenvalue weighted by atomic mass is 32.2. The van der Waals surface area contributed by atoms with Gasteiger partial charge in [-0.3, -0.25) is 31.9 Å². The molecule has 4 unspecified atom stereocenters. The Morgan fingerprint density at radius 2 is 0.717 bits per heavy atom. The Morgan fingerprint density at radius 3 is 1.10 bits per heavy atom. The lowest BCUT2D eigenvalue weighted by Crippen LogP contribution is -2.27. The lowest BCUT2D eigenvalue weighted by atomic mass is 9.94. The topological polar surface area (TPSA) is 207 Å². The number of Topliss-reactive ketones (excluding diaryl/α,β-unsaturated/α-hetero) is 1.